The molecule has 1 aromatic carbocycles. The zero-order valence-electron chi connectivity index (χ0n) is 16.3. The average molecular weight is 354 g/mol. The number of ether oxygens (including phenoxy) is 1. The molecule has 4 nitrogen and oxygen atoms in total. The summed E-state index contributed by atoms with van der Waals surface area (Å²) in [5.41, 5.74) is 0.364. The van der Waals surface area contributed by atoms with Crippen LogP contribution in [0.15, 0.2) is 30.3 Å². The highest BCUT2D eigenvalue weighted by Gasteiger charge is 2.35. The van der Waals surface area contributed by atoms with Crippen molar-refractivity contribution in [1.29, 1.82) is 0 Å². The van der Waals surface area contributed by atoms with Crippen LogP contribution in [0.3, 0.4) is 0 Å². The van der Waals surface area contributed by atoms with Crippen LogP contribution in [0.2, 0.25) is 0 Å². The van der Waals surface area contributed by atoms with E-state index in [0.717, 1.165) is 51.1 Å². The lowest BCUT2D eigenvalue weighted by Gasteiger charge is -2.40. The topological polar surface area (TPSA) is 32.8 Å². The minimum atomic E-state index is -0.327. The van der Waals surface area contributed by atoms with Gasteiger partial charge >= 0.3 is 0 Å². The quantitative estimate of drug-likeness (QED) is 0.765. The van der Waals surface area contributed by atoms with E-state index in [-0.39, 0.29) is 17.1 Å². The van der Waals surface area contributed by atoms with Crippen molar-refractivity contribution in [2.75, 3.05) is 32.7 Å². The first kappa shape index (κ1) is 18.9. The van der Waals surface area contributed by atoms with Crippen LogP contribution in [-0.4, -0.2) is 59.6 Å². The summed E-state index contributed by atoms with van der Waals surface area (Å²) < 4.78 is 6.20. The molecule has 1 amide bonds. The molecule has 0 aromatic heterocycles. The van der Waals surface area contributed by atoms with Gasteiger partial charge in [0.2, 0.25) is 0 Å². The van der Waals surface area contributed by atoms with Crippen molar-refractivity contribution in [1.82, 2.24) is 9.80 Å². The van der Waals surface area contributed by atoms with Crippen molar-refractivity contribution in [3.63, 3.8) is 0 Å². The van der Waals surface area contributed by atoms with Crippen molar-refractivity contribution in [3.8, 4) is 11.8 Å². The minimum absolute atomic E-state index is 0.0783. The van der Waals surface area contributed by atoms with Crippen LogP contribution in [0, 0.1) is 11.8 Å². The number of nitrogens with zero attached hydrogens (tertiary/aromatic N) is 2. The predicted molar refractivity (Wildman–Crippen MR) is 104 cm³/mol. The summed E-state index contributed by atoms with van der Waals surface area (Å²) in [7, 11) is 0. The Labute approximate surface area is 157 Å². The molecule has 3 rings (SSSR count). The molecule has 0 spiro atoms. The van der Waals surface area contributed by atoms with E-state index in [0.29, 0.717) is 0 Å². The van der Waals surface area contributed by atoms with E-state index in [1.54, 1.807) is 0 Å². The third-order valence-electron chi connectivity index (χ3n) is 5.27. The second-order valence-electron chi connectivity index (χ2n) is 8.18. The van der Waals surface area contributed by atoms with Gasteiger partial charge < -0.3 is 9.64 Å². The van der Waals surface area contributed by atoms with Crippen molar-refractivity contribution >= 4 is 5.91 Å². The molecule has 1 aromatic rings. The van der Waals surface area contributed by atoms with Crippen LogP contribution in [0.5, 0.6) is 0 Å². The first-order valence-corrected chi connectivity index (χ1v) is 9.64. The number of rotatable bonds is 2. The van der Waals surface area contributed by atoms with E-state index in [9.17, 15) is 4.79 Å². The Balaban J connectivity index is 1.48. The Morgan fingerprint density at radius 2 is 1.77 bits per heavy atom. The molecule has 0 saturated carbocycles. The van der Waals surface area contributed by atoms with E-state index in [1.165, 1.54) is 6.42 Å². The fraction of sp³-hybridized carbons (Fsp3) is 0.591. The summed E-state index contributed by atoms with van der Waals surface area (Å²) in [4.78, 5) is 16.7. The third-order valence-corrected chi connectivity index (χ3v) is 5.27. The summed E-state index contributed by atoms with van der Waals surface area (Å²) in [5.74, 6) is 6.82. The molecule has 2 saturated heterocycles. The van der Waals surface area contributed by atoms with Crippen molar-refractivity contribution < 1.29 is 9.53 Å². The standard InChI is InChI=1S/C22H30N2O2/c1-21(2)11-7-12-22(3,26-21)13-8-14-23-15-17-24(18-16-23)20(25)19-9-5-4-6-10-19/h4-6,9-10H,7,11-12,14-18H2,1-3H3. The Hall–Kier alpha value is -1.83. The lowest BCUT2D eigenvalue weighted by Crippen LogP contribution is -2.48. The van der Waals surface area contributed by atoms with Crippen LogP contribution in [0.1, 0.15) is 50.4 Å². The Bertz CT molecular complexity index is 681. The lowest BCUT2D eigenvalue weighted by atomic mass is 9.88. The van der Waals surface area contributed by atoms with Gasteiger partial charge in [0.25, 0.3) is 5.91 Å². The monoisotopic (exact) mass is 354 g/mol. The predicted octanol–water partition coefficient (Wildman–Crippen LogP) is 3.19. The molecule has 2 heterocycles. The maximum absolute atomic E-state index is 12.5. The lowest BCUT2D eigenvalue weighted by molar-refractivity contribution is -0.135. The van der Waals surface area contributed by atoms with E-state index in [4.69, 9.17) is 4.74 Å². The van der Waals surface area contributed by atoms with Crippen LogP contribution in [-0.2, 0) is 4.74 Å². The van der Waals surface area contributed by atoms with Crippen LogP contribution in [0.25, 0.3) is 0 Å². The minimum Gasteiger partial charge on any atom is -0.357 e. The van der Waals surface area contributed by atoms with Gasteiger partial charge in [0.1, 0.15) is 5.60 Å². The molecule has 0 radical (unpaired) electrons. The molecule has 2 fully saturated rings. The molecule has 1 unspecified atom stereocenters. The van der Waals surface area contributed by atoms with Crippen molar-refractivity contribution in [3.05, 3.63) is 35.9 Å². The number of amides is 1. The maximum Gasteiger partial charge on any atom is 0.253 e. The molecule has 2 aliphatic heterocycles. The number of piperazine rings is 1. The summed E-state index contributed by atoms with van der Waals surface area (Å²) >= 11 is 0. The van der Waals surface area contributed by atoms with E-state index < -0.39 is 0 Å². The molecular weight excluding hydrogens is 324 g/mol. The fourth-order valence-corrected chi connectivity index (χ4v) is 3.86. The Morgan fingerprint density at radius 1 is 1.08 bits per heavy atom. The summed E-state index contributed by atoms with van der Waals surface area (Å²) in [5, 5.41) is 0. The molecule has 140 valence electrons. The van der Waals surface area contributed by atoms with Gasteiger partial charge in [0.05, 0.1) is 12.1 Å². The second-order valence-corrected chi connectivity index (χ2v) is 8.18. The van der Waals surface area contributed by atoms with E-state index in [2.05, 4.69) is 37.5 Å². The number of hydrogen-bond acceptors (Lipinski definition) is 3. The van der Waals surface area contributed by atoms with Crippen molar-refractivity contribution in [2.24, 2.45) is 0 Å². The average Bonchev–Trinajstić information content (AvgIpc) is 2.61. The summed E-state index contributed by atoms with van der Waals surface area (Å²) in [6.45, 7) is 10.4. The molecule has 0 aliphatic carbocycles. The number of carbonyl (C=O) groups excluding carboxylic acids is 1. The summed E-state index contributed by atoms with van der Waals surface area (Å²) in [6.07, 6.45) is 3.27. The Kier molecular flexibility index (Phi) is 5.70. The molecule has 1 atom stereocenters. The molecule has 4 heteroatoms. The van der Waals surface area contributed by atoms with E-state index in [1.807, 2.05) is 35.2 Å². The first-order chi connectivity index (χ1) is 12.4. The number of benzene rings is 1. The Morgan fingerprint density at radius 3 is 2.42 bits per heavy atom. The zero-order chi connectivity index (χ0) is 18.6. The van der Waals surface area contributed by atoms with Gasteiger partial charge in [-0.15, -0.1) is 0 Å². The zero-order valence-corrected chi connectivity index (χ0v) is 16.3. The van der Waals surface area contributed by atoms with Crippen molar-refractivity contribution in [2.45, 2.75) is 51.2 Å². The second kappa shape index (κ2) is 7.82. The van der Waals surface area contributed by atoms with Gasteiger partial charge in [-0.05, 0) is 52.2 Å². The van der Waals surface area contributed by atoms with Crippen LogP contribution in [0.4, 0.5) is 0 Å². The van der Waals surface area contributed by atoms with Gasteiger partial charge in [-0.1, -0.05) is 30.0 Å². The normalized spacial score (nSPS) is 26.0. The van der Waals surface area contributed by atoms with Crippen LogP contribution < -0.4 is 0 Å². The SMILES string of the molecule is CC1(C)CCCC(C)(C#CCN2CCN(C(=O)c3ccccc3)CC2)O1. The highest BCUT2D eigenvalue weighted by molar-refractivity contribution is 5.94. The largest absolute Gasteiger partial charge is 0.357 e. The number of carbonyl (C=O) groups is 1. The highest BCUT2D eigenvalue weighted by atomic mass is 16.5. The first-order valence-electron chi connectivity index (χ1n) is 9.64. The summed E-state index contributed by atoms with van der Waals surface area (Å²) in [6, 6.07) is 9.52. The van der Waals surface area contributed by atoms with Gasteiger partial charge in [0.15, 0.2) is 0 Å². The van der Waals surface area contributed by atoms with Gasteiger partial charge in [-0.25, -0.2) is 0 Å². The third kappa shape index (κ3) is 4.87. The fourth-order valence-electron chi connectivity index (χ4n) is 3.86. The van der Waals surface area contributed by atoms with Gasteiger partial charge in [0, 0.05) is 31.7 Å². The highest BCUT2D eigenvalue weighted by Crippen LogP contribution is 2.34. The molecular formula is C22H30N2O2. The molecule has 0 N–H and O–H groups in total. The smallest absolute Gasteiger partial charge is 0.253 e. The van der Waals surface area contributed by atoms with Gasteiger partial charge in [-0.2, -0.15) is 0 Å². The number of hydrogen-bond donors (Lipinski definition) is 0. The molecule has 0 bridgehead atoms. The van der Waals surface area contributed by atoms with Gasteiger partial charge in [-0.3, -0.25) is 9.69 Å². The molecule has 2 aliphatic rings. The molecule has 26 heavy (non-hydrogen) atoms. The maximum atomic E-state index is 12.5. The van der Waals surface area contributed by atoms with E-state index >= 15 is 0 Å². The van der Waals surface area contributed by atoms with Crippen LogP contribution >= 0.6 is 0 Å².